The van der Waals surface area contributed by atoms with Crippen molar-refractivity contribution in [2.75, 3.05) is 23.7 Å². The number of amides is 1. The van der Waals surface area contributed by atoms with E-state index in [1.807, 2.05) is 31.2 Å². The van der Waals surface area contributed by atoms with Crippen molar-refractivity contribution >= 4 is 21.6 Å². The first kappa shape index (κ1) is 20.7. The number of benzene rings is 2. The fourth-order valence-electron chi connectivity index (χ4n) is 2.60. The summed E-state index contributed by atoms with van der Waals surface area (Å²) in [6, 6.07) is 11.5. The molecule has 1 N–H and O–H groups in total. The van der Waals surface area contributed by atoms with Crippen LogP contribution in [0.4, 0.5) is 10.1 Å². The maximum atomic E-state index is 13.1. The molecule has 0 spiro atoms. The topological polar surface area (TPSA) is 75.7 Å². The zero-order valence-electron chi connectivity index (χ0n) is 15.5. The zero-order chi connectivity index (χ0) is 20.0. The first-order valence-corrected chi connectivity index (χ1v) is 10.3. The molecular formula is C19H23FN2O4S. The molecule has 27 heavy (non-hydrogen) atoms. The molecule has 0 aliphatic heterocycles. The number of carbonyl (C=O) groups is 1. The number of rotatable bonds is 8. The van der Waals surface area contributed by atoms with Crippen molar-refractivity contribution in [2.24, 2.45) is 0 Å². The van der Waals surface area contributed by atoms with E-state index in [-0.39, 0.29) is 18.8 Å². The largest absolute Gasteiger partial charge is 0.491 e. The van der Waals surface area contributed by atoms with E-state index in [0.717, 1.165) is 34.0 Å². The van der Waals surface area contributed by atoms with E-state index in [0.29, 0.717) is 0 Å². The van der Waals surface area contributed by atoms with Crippen molar-refractivity contribution in [1.82, 2.24) is 5.32 Å². The summed E-state index contributed by atoms with van der Waals surface area (Å²) in [5.41, 5.74) is 1.20. The van der Waals surface area contributed by atoms with E-state index in [1.54, 1.807) is 0 Å². The molecule has 0 saturated heterocycles. The molecule has 8 heteroatoms. The number of nitrogens with zero attached hydrogens (tertiary/aromatic N) is 1. The quantitative estimate of drug-likeness (QED) is 0.698. The van der Waals surface area contributed by atoms with Gasteiger partial charge in [-0.05, 0) is 49.7 Å². The van der Waals surface area contributed by atoms with Gasteiger partial charge in [-0.15, -0.1) is 0 Å². The van der Waals surface area contributed by atoms with E-state index >= 15 is 0 Å². The van der Waals surface area contributed by atoms with E-state index in [1.165, 1.54) is 19.1 Å². The molecule has 0 fully saturated rings. The van der Waals surface area contributed by atoms with Gasteiger partial charge < -0.3 is 10.1 Å². The number of hydrogen-bond acceptors (Lipinski definition) is 4. The molecule has 6 nitrogen and oxygen atoms in total. The second-order valence-corrected chi connectivity index (χ2v) is 7.98. The summed E-state index contributed by atoms with van der Waals surface area (Å²) >= 11 is 0. The van der Waals surface area contributed by atoms with Crippen LogP contribution in [0.25, 0.3) is 0 Å². The number of para-hydroxylation sites is 1. The van der Waals surface area contributed by atoms with E-state index < -0.39 is 27.8 Å². The van der Waals surface area contributed by atoms with Crippen LogP contribution in [-0.4, -0.2) is 39.8 Å². The molecule has 0 bridgehead atoms. The zero-order valence-corrected chi connectivity index (χ0v) is 16.3. The molecule has 2 aromatic carbocycles. The molecule has 146 valence electrons. The molecule has 0 aromatic heterocycles. The Bertz CT molecular complexity index is 885. The van der Waals surface area contributed by atoms with Crippen LogP contribution < -0.4 is 14.4 Å². The number of sulfonamides is 1. The van der Waals surface area contributed by atoms with Gasteiger partial charge in [-0.3, -0.25) is 9.10 Å². The summed E-state index contributed by atoms with van der Waals surface area (Å²) in [5.74, 6) is -0.236. The average Bonchev–Trinajstić information content (AvgIpc) is 2.60. The predicted octanol–water partition coefficient (Wildman–Crippen LogP) is 2.48. The second kappa shape index (κ2) is 8.85. The summed E-state index contributed by atoms with van der Waals surface area (Å²) in [7, 11) is -3.74. The molecular weight excluding hydrogens is 371 g/mol. The summed E-state index contributed by atoms with van der Waals surface area (Å²) in [6.07, 6.45) is 1.00. The van der Waals surface area contributed by atoms with Crippen molar-refractivity contribution in [1.29, 1.82) is 0 Å². The van der Waals surface area contributed by atoms with Crippen LogP contribution in [0, 0.1) is 12.7 Å². The summed E-state index contributed by atoms with van der Waals surface area (Å²) in [4.78, 5) is 12.4. The SMILES string of the molecule is Cc1ccccc1OCCNC(=O)[C@@H](C)N(c1ccc(F)cc1)S(C)(=O)=O. The number of ether oxygens (including phenoxy) is 1. The fourth-order valence-corrected chi connectivity index (χ4v) is 3.77. The maximum absolute atomic E-state index is 13.1. The third-order valence-electron chi connectivity index (χ3n) is 3.92. The molecule has 0 saturated carbocycles. The maximum Gasteiger partial charge on any atom is 0.243 e. The molecule has 2 rings (SSSR count). The number of carbonyl (C=O) groups excluding carboxylic acids is 1. The normalized spacial score (nSPS) is 12.3. The lowest BCUT2D eigenvalue weighted by molar-refractivity contribution is -0.121. The summed E-state index contributed by atoms with van der Waals surface area (Å²) in [6.45, 7) is 3.86. The number of hydrogen-bond donors (Lipinski definition) is 1. The standard InChI is InChI=1S/C19H23FN2O4S/c1-14-6-4-5-7-18(14)26-13-12-21-19(23)15(2)22(27(3,24)25)17-10-8-16(20)9-11-17/h4-11,15H,12-13H2,1-3H3,(H,21,23)/t15-/m1/s1. The lowest BCUT2D eigenvalue weighted by atomic mass is 10.2. The molecule has 0 aliphatic carbocycles. The highest BCUT2D eigenvalue weighted by Crippen LogP contribution is 2.21. The van der Waals surface area contributed by atoms with Crippen molar-refractivity contribution < 1.29 is 22.3 Å². The van der Waals surface area contributed by atoms with Gasteiger partial charge in [0.05, 0.1) is 18.5 Å². The smallest absolute Gasteiger partial charge is 0.243 e. The van der Waals surface area contributed by atoms with Crippen molar-refractivity contribution in [3.63, 3.8) is 0 Å². The highest BCUT2D eigenvalue weighted by molar-refractivity contribution is 7.92. The molecule has 1 atom stereocenters. The molecule has 0 unspecified atom stereocenters. The van der Waals surface area contributed by atoms with Crippen molar-refractivity contribution in [3.05, 3.63) is 59.9 Å². The summed E-state index contributed by atoms with van der Waals surface area (Å²) in [5, 5.41) is 2.66. The van der Waals surface area contributed by atoms with Crippen LogP contribution in [0.3, 0.4) is 0 Å². The fraction of sp³-hybridized carbons (Fsp3) is 0.316. The lowest BCUT2D eigenvalue weighted by Gasteiger charge is -2.28. The van der Waals surface area contributed by atoms with Crippen LogP contribution in [0.15, 0.2) is 48.5 Å². The number of nitrogens with one attached hydrogen (secondary N) is 1. The van der Waals surface area contributed by atoms with Crippen LogP contribution in [-0.2, 0) is 14.8 Å². The van der Waals surface area contributed by atoms with Crippen LogP contribution in [0.2, 0.25) is 0 Å². The minimum absolute atomic E-state index is 0.220. The van der Waals surface area contributed by atoms with Crippen LogP contribution >= 0.6 is 0 Å². The van der Waals surface area contributed by atoms with Crippen LogP contribution in [0.1, 0.15) is 12.5 Å². The molecule has 2 aromatic rings. The molecule has 0 heterocycles. The van der Waals surface area contributed by atoms with Gasteiger partial charge in [0.2, 0.25) is 15.9 Å². The highest BCUT2D eigenvalue weighted by atomic mass is 32.2. The van der Waals surface area contributed by atoms with E-state index in [2.05, 4.69) is 5.32 Å². The third-order valence-corrected chi connectivity index (χ3v) is 5.16. The number of anilines is 1. The first-order valence-electron chi connectivity index (χ1n) is 8.41. The molecule has 0 aliphatic rings. The minimum atomic E-state index is -3.74. The van der Waals surface area contributed by atoms with Gasteiger partial charge in [0.25, 0.3) is 0 Å². The van der Waals surface area contributed by atoms with E-state index in [4.69, 9.17) is 4.74 Å². The average molecular weight is 394 g/mol. The Labute approximate surface area is 159 Å². The Morgan fingerprint density at radius 3 is 2.41 bits per heavy atom. The molecule has 1 amide bonds. The molecule has 0 radical (unpaired) electrons. The Morgan fingerprint density at radius 2 is 1.81 bits per heavy atom. The van der Waals surface area contributed by atoms with Gasteiger partial charge in [-0.1, -0.05) is 18.2 Å². The Balaban J connectivity index is 1.98. The minimum Gasteiger partial charge on any atom is -0.491 e. The first-order chi connectivity index (χ1) is 12.7. The lowest BCUT2D eigenvalue weighted by Crippen LogP contribution is -2.48. The Morgan fingerprint density at radius 1 is 1.19 bits per heavy atom. The van der Waals surface area contributed by atoms with Crippen molar-refractivity contribution in [3.8, 4) is 5.75 Å². The van der Waals surface area contributed by atoms with Gasteiger partial charge in [0.15, 0.2) is 0 Å². The van der Waals surface area contributed by atoms with Gasteiger partial charge in [-0.2, -0.15) is 0 Å². The van der Waals surface area contributed by atoms with Gasteiger partial charge >= 0.3 is 0 Å². The Kier molecular flexibility index (Phi) is 6.79. The second-order valence-electron chi connectivity index (χ2n) is 6.12. The van der Waals surface area contributed by atoms with E-state index in [9.17, 15) is 17.6 Å². The third kappa shape index (κ3) is 5.68. The highest BCUT2D eigenvalue weighted by Gasteiger charge is 2.28. The van der Waals surface area contributed by atoms with Crippen molar-refractivity contribution in [2.45, 2.75) is 19.9 Å². The van der Waals surface area contributed by atoms with Gasteiger partial charge in [-0.25, -0.2) is 12.8 Å². The monoisotopic (exact) mass is 394 g/mol. The number of aryl methyl sites for hydroxylation is 1. The summed E-state index contributed by atoms with van der Waals surface area (Å²) < 4.78 is 44.0. The number of halogens is 1. The van der Waals surface area contributed by atoms with Gasteiger partial charge in [0, 0.05) is 0 Å². The van der Waals surface area contributed by atoms with Crippen LogP contribution in [0.5, 0.6) is 5.75 Å². The Hall–Kier alpha value is -2.61. The predicted molar refractivity (Wildman–Crippen MR) is 103 cm³/mol. The van der Waals surface area contributed by atoms with Gasteiger partial charge in [0.1, 0.15) is 24.2 Å².